The van der Waals surface area contributed by atoms with E-state index in [0.29, 0.717) is 5.92 Å². The third-order valence-electron chi connectivity index (χ3n) is 3.74. The van der Waals surface area contributed by atoms with Crippen LogP contribution in [0.5, 0.6) is 0 Å². The van der Waals surface area contributed by atoms with Crippen LogP contribution in [-0.4, -0.2) is 22.4 Å². The standard InChI is InChI=1S/C16H21N3/c1-13(11-17-16-7-8-16)15-5-3-14(4-6-15)12-19-10-2-9-18-19/h2-6,9-10,13,16-17H,7-8,11-12H2,1H3. The lowest BCUT2D eigenvalue weighted by atomic mass is 10.00. The van der Waals surface area contributed by atoms with E-state index in [1.807, 2.05) is 23.1 Å². The number of rotatable bonds is 6. The fraction of sp³-hybridized carbons (Fsp3) is 0.438. The molecule has 100 valence electrons. The van der Waals surface area contributed by atoms with Crippen molar-refractivity contribution in [2.24, 2.45) is 0 Å². The van der Waals surface area contributed by atoms with Gasteiger partial charge < -0.3 is 5.32 Å². The molecule has 1 N–H and O–H groups in total. The van der Waals surface area contributed by atoms with E-state index in [1.165, 1.54) is 24.0 Å². The summed E-state index contributed by atoms with van der Waals surface area (Å²) in [6.07, 6.45) is 6.53. The van der Waals surface area contributed by atoms with Crippen LogP contribution >= 0.6 is 0 Å². The highest BCUT2D eigenvalue weighted by Gasteiger charge is 2.21. The Bertz CT molecular complexity index is 497. The van der Waals surface area contributed by atoms with Crippen molar-refractivity contribution in [2.75, 3.05) is 6.54 Å². The maximum atomic E-state index is 4.23. The van der Waals surface area contributed by atoms with E-state index < -0.39 is 0 Å². The van der Waals surface area contributed by atoms with Crippen LogP contribution in [0.2, 0.25) is 0 Å². The van der Waals surface area contributed by atoms with Gasteiger partial charge in [-0.1, -0.05) is 31.2 Å². The van der Waals surface area contributed by atoms with Crippen molar-refractivity contribution in [1.82, 2.24) is 15.1 Å². The van der Waals surface area contributed by atoms with Crippen LogP contribution in [0.25, 0.3) is 0 Å². The predicted molar refractivity (Wildman–Crippen MR) is 77.2 cm³/mol. The fourth-order valence-corrected chi connectivity index (χ4v) is 2.28. The second-order valence-electron chi connectivity index (χ2n) is 5.53. The van der Waals surface area contributed by atoms with Crippen LogP contribution in [0.4, 0.5) is 0 Å². The molecule has 1 fully saturated rings. The van der Waals surface area contributed by atoms with Crippen molar-refractivity contribution in [3.8, 4) is 0 Å². The van der Waals surface area contributed by atoms with E-state index in [-0.39, 0.29) is 0 Å². The number of hydrogen-bond acceptors (Lipinski definition) is 2. The topological polar surface area (TPSA) is 29.9 Å². The average Bonchev–Trinajstić information content (AvgIpc) is 3.13. The number of benzene rings is 1. The summed E-state index contributed by atoms with van der Waals surface area (Å²) in [4.78, 5) is 0. The van der Waals surface area contributed by atoms with Crippen LogP contribution in [0, 0.1) is 0 Å². The predicted octanol–water partition coefficient (Wildman–Crippen LogP) is 2.79. The average molecular weight is 255 g/mol. The highest BCUT2D eigenvalue weighted by atomic mass is 15.3. The summed E-state index contributed by atoms with van der Waals surface area (Å²) in [6.45, 7) is 4.23. The summed E-state index contributed by atoms with van der Waals surface area (Å²) in [5, 5.41) is 7.82. The van der Waals surface area contributed by atoms with Gasteiger partial charge in [0.1, 0.15) is 0 Å². The Morgan fingerprint density at radius 2 is 2.11 bits per heavy atom. The molecule has 1 atom stereocenters. The van der Waals surface area contributed by atoms with E-state index in [1.54, 1.807) is 0 Å². The van der Waals surface area contributed by atoms with Crippen LogP contribution in [-0.2, 0) is 6.54 Å². The SMILES string of the molecule is CC(CNC1CC1)c1ccc(Cn2cccn2)cc1. The number of aromatic nitrogens is 2. The second kappa shape index (κ2) is 5.57. The van der Waals surface area contributed by atoms with E-state index >= 15 is 0 Å². The summed E-state index contributed by atoms with van der Waals surface area (Å²) in [5.74, 6) is 0.583. The van der Waals surface area contributed by atoms with Crippen LogP contribution in [0.3, 0.4) is 0 Å². The Balaban J connectivity index is 1.57. The Morgan fingerprint density at radius 1 is 1.32 bits per heavy atom. The van der Waals surface area contributed by atoms with Gasteiger partial charge in [-0.2, -0.15) is 5.10 Å². The Labute approximate surface area is 114 Å². The summed E-state index contributed by atoms with van der Waals surface area (Å²) in [6, 6.07) is 11.7. The first-order valence-corrected chi connectivity index (χ1v) is 7.11. The van der Waals surface area contributed by atoms with Gasteiger partial charge in [0, 0.05) is 25.0 Å². The van der Waals surface area contributed by atoms with Crippen molar-refractivity contribution in [2.45, 2.75) is 38.3 Å². The smallest absolute Gasteiger partial charge is 0.0659 e. The molecule has 0 amide bonds. The summed E-state index contributed by atoms with van der Waals surface area (Å²) < 4.78 is 1.95. The molecule has 0 spiro atoms. The lowest BCUT2D eigenvalue weighted by Gasteiger charge is -2.13. The summed E-state index contributed by atoms with van der Waals surface area (Å²) >= 11 is 0. The largest absolute Gasteiger partial charge is 0.313 e. The highest BCUT2D eigenvalue weighted by molar-refractivity contribution is 5.25. The van der Waals surface area contributed by atoms with Gasteiger partial charge in [0.15, 0.2) is 0 Å². The first-order chi connectivity index (χ1) is 9.31. The number of nitrogens with zero attached hydrogens (tertiary/aromatic N) is 2. The number of nitrogens with one attached hydrogen (secondary N) is 1. The molecule has 1 aliphatic carbocycles. The van der Waals surface area contributed by atoms with E-state index in [0.717, 1.165) is 19.1 Å². The van der Waals surface area contributed by atoms with Crippen LogP contribution in [0.15, 0.2) is 42.7 Å². The fourth-order valence-electron chi connectivity index (χ4n) is 2.28. The molecule has 1 aromatic carbocycles. The molecule has 1 heterocycles. The Hall–Kier alpha value is -1.61. The van der Waals surface area contributed by atoms with E-state index in [2.05, 4.69) is 41.6 Å². The Kier molecular flexibility index (Phi) is 3.65. The molecule has 1 aliphatic rings. The molecule has 1 aromatic heterocycles. The first-order valence-electron chi connectivity index (χ1n) is 7.11. The molecular weight excluding hydrogens is 234 g/mol. The Morgan fingerprint density at radius 3 is 2.74 bits per heavy atom. The minimum atomic E-state index is 0.583. The van der Waals surface area contributed by atoms with Gasteiger partial charge in [-0.3, -0.25) is 4.68 Å². The minimum Gasteiger partial charge on any atom is -0.313 e. The molecule has 19 heavy (non-hydrogen) atoms. The molecule has 3 heteroatoms. The second-order valence-corrected chi connectivity index (χ2v) is 5.53. The molecule has 3 rings (SSSR count). The summed E-state index contributed by atoms with van der Waals surface area (Å²) in [7, 11) is 0. The molecule has 1 saturated carbocycles. The summed E-state index contributed by atoms with van der Waals surface area (Å²) in [5.41, 5.74) is 2.71. The third kappa shape index (κ3) is 3.44. The van der Waals surface area contributed by atoms with Gasteiger partial charge in [0.25, 0.3) is 0 Å². The zero-order valence-electron chi connectivity index (χ0n) is 11.4. The molecule has 3 nitrogen and oxygen atoms in total. The van der Waals surface area contributed by atoms with Crippen molar-refractivity contribution < 1.29 is 0 Å². The van der Waals surface area contributed by atoms with Gasteiger partial charge in [-0.05, 0) is 36.0 Å². The molecule has 0 saturated heterocycles. The van der Waals surface area contributed by atoms with Crippen molar-refractivity contribution >= 4 is 0 Å². The highest BCUT2D eigenvalue weighted by Crippen LogP contribution is 2.21. The van der Waals surface area contributed by atoms with Gasteiger partial charge >= 0.3 is 0 Å². The maximum Gasteiger partial charge on any atom is 0.0659 e. The van der Waals surface area contributed by atoms with E-state index in [4.69, 9.17) is 0 Å². The molecule has 1 unspecified atom stereocenters. The normalized spacial score (nSPS) is 16.5. The van der Waals surface area contributed by atoms with Crippen molar-refractivity contribution in [1.29, 1.82) is 0 Å². The maximum absolute atomic E-state index is 4.23. The zero-order chi connectivity index (χ0) is 13.1. The van der Waals surface area contributed by atoms with Gasteiger partial charge in [0.05, 0.1) is 6.54 Å². The van der Waals surface area contributed by atoms with Gasteiger partial charge in [-0.15, -0.1) is 0 Å². The molecule has 2 aromatic rings. The molecule has 0 bridgehead atoms. The lowest BCUT2D eigenvalue weighted by molar-refractivity contribution is 0.611. The lowest BCUT2D eigenvalue weighted by Crippen LogP contribution is -2.22. The van der Waals surface area contributed by atoms with Crippen molar-refractivity contribution in [3.63, 3.8) is 0 Å². The molecule has 0 aliphatic heterocycles. The quantitative estimate of drug-likeness (QED) is 0.860. The third-order valence-corrected chi connectivity index (χ3v) is 3.74. The van der Waals surface area contributed by atoms with E-state index in [9.17, 15) is 0 Å². The van der Waals surface area contributed by atoms with Crippen LogP contribution < -0.4 is 5.32 Å². The zero-order valence-corrected chi connectivity index (χ0v) is 11.4. The van der Waals surface area contributed by atoms with Gasteiger partial charge in [-0.25, -0.2) is 0 Å². The minimum absolute atomic E-state index is 0.583. The molecule has 0 radical (unpaired) electrons. The van der Waals surface area contributed by atoms with Crippen LogP contribution in [0.1, 0.15) is 36.8 Å². The number of hydrogen-bond donors (Lipinski definition) is 1. The van der Waals surface area contributed by atoms with Gasteiger partial charge in [0.2, 0.25) is 0 Å². The molecular formula is C16H21N3. The van der Waals surface area contributed by atoms with Crippen molar-refractivity contribution in [3.05, 3.63) is 53.9 Å². The first kappa shape index (κ1) is 12.4. The monoisotopic (exact) mass is 255 g/mol.